The number of nitrogens with one attached hydrogen (secondary N) is 1. The van der Waals surface area contributed by atoms with Crippen molar-refractivity contribution >= 4 is 15.7 Å². The second kappa shape index (κ2) is 7.16. The molecule has 0 spiro atoms. The summed E-state index contributed by atoms with van der Waals surface area (Å²) >= 11 is 0. The van der Waals surface area contributed by atoms with Crippen LogP contribution in [0.2, 0.25) is 0 Å². The van der Waals surface area contributed by atoms with E-state index in [4.69, 9.17) is 4.74 Å². The van der Waals surface area contributed by atoms with Crippen molar-refractivity contribution in [3.05, 3.63) is 58.4 Å². The number of hydrogen-bond donors (Lipinski definition) is 1. The molecule has 0 bridgehead atoms. The number of rotatable bonds is 7. The molecule has 8 nitrogen and oxygen atoms in total. The molecule has 0 radical (unpaired) electrons. The van der Waals surface area contributed by atoms with Crippen LogP contribution in [-0.2, 0) is 16.4 Å². The molecule has 2 aromatic rings. The van der Waals surface area contributed by atoms with Crippen molar-refractivity contribution in [2.75, 3.05) is 13.7 Å². The summed E-state index contributed by atoms with van der Waals surface area (Å²) in [7, 11) is -2.64. The van der Waals surface area contributed by atoms with Gasteiger partial charge < -0.3 is 4.74 Å². The van der Waals surface area contributed by atoms with E-state index in [0.29, 0.717) is 6.42 Å². The highest BCUT2D eigenvalue weighted by molar-refractivity contribution is 7.89. The molecule has 1 N–H and O–H groups in total. The van der Waals surface area contributed by atoms with Gasteiger partial charge in [0.2, 0.25) is 10.0 Å². The topological polar surface area (TPSA) is 111 Å². The monoisotopic (exact) mass is 337 g/mol. The van der Waals surface area contributed by atoms with Gasteiger partial charge in [-0.2, -0.15) is 0 Å². The lowest BCUT2D eigenvalue weighted by atomic mass is 10.3. The highest BCUT2D eigenvalue weighted by Gasteiger charge is 2.22. The summed E-state index contributed by atoms with van der Waals surface area (Å²) in [5.74, 6) is 0.0425. The molecule has 122 valence electrons. The van der Waals surface area contributed by atoms with Crippen molar-refractivity contribution in [1.29, 1.82) is 0 Å². The molecule has 0 aliphatic heterocycles. The largest absolute Gasteiger partial charge is 0.495 e. The molecule has 2 rings (SSSR count). The molecular weight excluding hydrogens is 322 g/mol. The predicted octanol–water partition coefficient (Wildman–Crippen LogP) is 1.52. The first-order valence-electron chi connectivity index (χ1n) is 6.66. The standard InChI is InChI=1S/C14H15N3O5S/c1-22-13-6-5-12(17(18)19)10-14(13)23(20,21)16-9-7-11-4-2-3-8-15-11/h2-6,8,10,16H,7,9H2,1H3. The number of non-ortho nitro benzene ring substituents is 1. The van der Waals surface area contributed by atoms with Crippen molar-refractivity contribution in [3.8, 4) is 5.75 Å². The van der Waals surface area contributed by atoms with Crippen LogP contribution in [0.25, 0.3) is 0 Å². The first-order valence-corrected chi connectivity index (χ1v) is 8.14. The molecule has 0 saturated heterocycles. The summed E-state index contributed by atoms with van der Waals surface area (Å²) in [6, 6.07) is 8.77. The predicted molar refractivity (Wildman–Crippen MR) is 82.8 cm³/mol. The van der Waals surface area contributed by atoms with Crippen LogP contribution in [-0.4, -0.2) is 32.0 Å². The molecule has 1 aromatic carbocycles. The zero-order valence-corrected chi connectivity index (χ0v) is 13.1. The fourth-order valence-corrected chi connectivity index (χ4v) is 3.14. The fraction of sp³-hybridized carbons (Fsp3) is 0.214. The van der Waals surface area contributed by atoms with E-state index >= 15 is 0 Å². The van der Waals surface area contributed by atoms with Gasteiger partial charge in [-0.3, -0.25) is 15.1 Å². The highest BCUT2D eigenvalue weighted by atomic mass is 32.2. The van der Waals surface area contributed by atoms with Gasteiger partial charge in [-0.25, -0.2) is 13.1 Å². The quantitative estimate of drug-likeness (QED) is 0.605. The van der Waals surface area contributed by atoms with Crippen molar-refractivity contribution in [3.63, 3.8) is 0 Å². The first kappa shape index (κ1) is 16.8. The van der Waals surface area contributed by atoms with E-state index in [0.717, 1.165) is 11.8 Å². The summed E-state index contributed by atoms with van der Waals surface area (Å²) in [5, 5.41) is 10.8. The van der Waals surface area contributed by atoms with Crippen LogP contribution in [0.5, 0.6) is 5.75 Å². The van der Waals surface area contributed by atoms with E-state index in [1.165, 1.54) is 19.2 Å². The summed E-state index contributed by atoms with van der Waals surface area (Å²) in [4.78, 5) is 14.0. The average Bonchev–Trinajstić information content (AvgIpc) is 2.55. The van der Waals surface area contributed by atoms with E-state index in [1.807, 2.05) is 0 Å². The third-order valence-corrected chi connectivity index (χ3v) is 4.53. The van der Waals surface area contributed by atoms with Gasteiger partial charge in [-0.1, -0.05) is 6.07 Å². The number of ether oxygens (including phenoxy) is 1. The molecule has 0 fully saturated rings. The van der Waals surface area contributed by atoms with Crippen LogP contribution in [0, 0.1) is 10.1 Å². The Morgan fingerprint density at radius 1 is 1.30 bits per heavy atom. The third kappa shape index (κ3) is 4.24. The molecule has 23 heavy (non-hydrogen) atoms. The molecule has 1 heterocycles. The normalized spacial score (nSPS) is 11.2. The Bertz CT molecular complexity index is 793. The van der Waals surface area contributed by atoms with Crippen molar-refractivity contribution in [2.24, 2.45) is 0 Å². The van der Waals surface area contributed by atoms with Gasteiger partial charge in [0.05, 0.1) is 12.0 Å². The molecule has 0 atom stereocenters. The van der Waals surface area contributed by atoms with Gasteiger partial charge >= 0.3 is 0 Å². The number of nitro groups is 1. The van der Waals surface area contributed by atoms with Gasteiger partial charge in [0.25, 0.3) is 5.69 Å². The van der Waals surface area contributed by atoms with Gasteiger partial charge in [0.1, 0.15) is 10.6 Å². The summed E-state index contributed by atoms with van der Waals surface area (Å²) < 4.78 is 32.1. The zero-order valence-electron chi connectivity index (χ0n) is 12.3. The fourth-order valence-electron chi connectivity index (χ4n) is 1.93. The number of hydrogen-bond acceptors (Lipinski definition) is 6. The van der Waals surface area contributed by atoms with Crippen molar-refractivity contribution in [1.82, 2.24) is 9.71 Å². The molecule has 0 saturated carbocycles. The Balaban J connectivity index is 2.18. The lowest BCUT2D eigenvalue weighted by Crippen LogP contribution is -2.26. The number of benzene rings is 1. The summed E-state index contributed by atoms with van der Waals surface area (Å²) in [6.07, 6.45) is 2.02. The Morgan fingerprint density at radius 2 is 2.09 bits per heavy atom. The minimum absolute atomic E-state index is 0.0425. The van der Waals surface area contributed by atoms with Crippen LogP contribution in [0.1, 0.15) is 5.69 Å². The molecule has 0 aliphatic rings. The molecule has 1 aromatic heterocycles. The number of aromatic nitrogens is 1. The average molecular weight is 337 g/mol. The maximum Gasteiger partial charge on any atom is 0.271 e. The SMILES string of the molecule is COc1ccc([N+](=O)[O-])cc1S(=O)(=O)NCCc1ccccn1. The molecular formula is C14H15N3O5S. The van der Waals surface area contributed by atoms with Crippen LogP contribution < -0.4 is 9.46 Å². The molecule has 9 heteroatoms. The lowest BCUT2D eigenvalue weighted by molar-refractivity contribution is -0.385. The maximum absolute atomic E-state index is 12.3. The minimum atomic E-state index is -3.94. The Hall–Kier alpha value is -2.52. The van der Waals surface area contributed by atoms with Crippen LogP contribution >= 0.6 is 0 Å². The number of methoxy groups -OCH3 is 1. The van der Waals surface area contributed by atoms with Gasteiger partial charge in [0.15, 0.2) is 0 Å². The summed E-state index contributed by atoms with van der Waals surface area (Å²) in [6.45, 7) is 0.116. The van der Waals surface area contributed by atoms with Crippen molar-refractivity contribution in [2.45, 2.75) is 11.3 Å². The number of nitrogens with zero attached hydrogens (tertiary/aromatic N) is 2. The third-order valence-electron chi connectivity index (χ3n) is 3.05. The first-order chi connectivity index (χ1) is 10.9. The Morgan fingerprint density at radius 3 is 2.70 bits per heavy atom. The highest BCUT2D eigenvalue weighted by Crippen LogP contribution is 2.27. The van der Waals surface area contributed by atoms with Gasteiger partial charge in [-0.05, 0) is 18.2 Å². The lowest BCUT2D eigenvalue weighted by Gasteiger charge is -2.10. The zero-order chi connectivity index (χ0) is 16.9. The van der Waals surface area contributed by atoms with Gasteiger partial charge in [0, 0.05) is 37.0 Å². The Labute approximate surface area is 133 Å². The smallest absolute Gasteiger partial charge is 0.271 e. The van der Waals surface area contributed by atoms with Crippen molar-refractivity contribution < 1.29 is 18.1 Å². The number of pyridine rings is 1. The van der Waals surface area contributed by atoms with E-state index in [2.05, 4.69) is 9.71 Å². The van der Waals surface area contributed by atoms with Gasteiger partial charge in [-0.15, -0.1) is 0 Å². The molecule has 0 unspecified atom stereocenters. The van der Waals surface area contributed by atoms with E-state index < -0.39 is 14.9 Å². The number of sulfonamides is 1. The second-order valence-corrected chi connectivity index (χ2v) is 6.30. The van der Waals surface area contributed by atoms with Crippen LogP contribution in [0.15, 0.2) is 47.5 Å². The summed E-state index contributed by atoms with van der Waals surface area (Å²) in [5.41, 5.74) is 0.414. The van der Waals surface area contributed by atoms with E-state index in [1.54, 1.807) is 24.4 Å². The number of nitro benzene ring substituents is 1. The minimum Gasteiger partial charge on any atom is -0.495 e. The molecule has 0 aliphatic carbocycles. The maximum atomic E-state index is 12.3. The second-order valence-electron chi connectivity index (χ2n) is 4.56. The van der Waals surface area contributed by atoms with E-state index in [-0.39, 0.29) is 22.9 Å². The van der Waals surface area contributed by atoms with E-state index in [9.17, 15) is 18.5 Å². The molecule has 0 amide bonds. The van der Waals surface area contributed by atoms with Crippen LogP contribution in [0.3, 0.4) is 0 Å². The Kier molecular flexibility index (Phi) is 5.24. The van der Waals surface area contributed by atoms with Crippen LogP contribution in [0.4, 0.5) is 5.69 Å².